The van der Waals surface area contributed by atoms with Gasteiger partial charge in [0.15, 0.2) is 0 Å². The molecule has 152 valence electrons. The SMILES string of the molecule is CC(=O)N1N=C(c2cc(F)ccc2F)S[C@]12c1cc(Cl)ccc1CC[C@H]2CCN. The highest BCUT2D eigenvalue weighted by atomic mass is 35.5. The van der Waals surface area contributed by atoms with Crippen LogP contribution in [0.4, 0.5) is 8.78 Å². The Morgan fingerprint density at radius 2 is 2.14 bits per heavy atom. The van der Waals surface area contributed by atoms with Gasteiger partial charge >= 0.3 is 0 Å². The maximum absolute atomic E-state index is 14.5. The van der Waals surface area contributed by atoms with Crippen LogP contribution in [-0.4, -0.2) is 22.5 Å². The van der Waals surface area contributed by atoms with Crippen molar-refractivity contribution in [3.05, 3.63) is 69.7 Å². The first-order chi connectivity index (χ1) is 13.9. The first-order valence-corrected chi connectivity index (χ1v) is 10.6. The van der Waals surface area contributed by atoms with E-state index >= 15 is 0 Å². The average molecular weight is 436 g/mol. The number of thioether (sulfide) groups is 1. The molecule has 0 fully saturated rings. The number of fused-ring (bicyclic) bond motifs is 2. The second-order valence-corrected chi connectivity index (χ2v) is 8.92. The van der Waals surface area contributed by atoms with Gasteiger partial charge in [0.1, 0.15) is 21.5 Å². The Balaban J connectivity index is 1.91. The van der Waals surface area contributed by atoms with E-state index in [-0.39, 0.29) is 22.4 Å². The largest absolute Gasteiger partial charge is 0.330 e. The van der Waals surface area contributed by atoms with Crippen molar-refractivity contribution in [1.82, 2.24) is 5.01 Å². The van der Waals surface area contributed by atoms with Gasteiger partial charge in [-0.05, 0) is 73.2 Å². The Morgan fingerprint density at radius 3 is 2.86 bits per heavy atom. The standard InChI is InChI=1S/C21H20ClF2N3OS/c1-12(28)27-21(29-20(26-27)17-11-16(23)6-7-19(17)24)14(8-9-25)4-2-13-3-5-15(22)10-18(13)21/h3,5-7,10-11,14H,2,4,8-9,25H2,1H3/t14-,21+/m0/s1. The zero-order valence-electron chi connectivity index (χ0n) is 15.8. The van der Waals surface area contributed by atoms with Crippen LogP contribution < -0.4 is 5.73 Å². The topological polar surface area (TPSA) is 58.7 Å². The zero-order valence-corrected chi connectivity index (χ0v) is 17.4. The summed E-state index contributed by atoms with van der Waals surface area (Å²) in [7, 11) is 0. The van der Waals surface area contributed by atoms with E-state index in [4.69, 9.17) is 17.3 Å². The number of benzene rings is 2. The maximum atomic E-state index is 14.5. The van der Waals surface area contributed by atoms with E-state index in [0.717, 1.165) is 42.2 Å². The Kier molecular flexibility index (Phi) is 5.40. The monoisotopic (exact) mass is 435 g/mol. The summed E-state index contributed by atoms with van der Waals surface area (Å²) >= 11 is 7.59. The molecule has 8 heteroatoms. The molecule has 2 N–H and O–H groups in total. The summed E-state index contributed by atoms with van der Waals surface area (Å²) in [6.07, 6.45) is 2.29. The molecular formula is C21H20ClF2N3OS. The fourth-order valence-corrected chi connectivity index (χ4v) is 6.08. The highest BCUT2D eigenvalue weighted by Crippen LogP contribution is 2.57. The number of hydrogen-bond acceptors (Lipinski definition) is 4. The molecule has 1 heterocycles. The highest BCUT2D eigenvalue weighted by Gasteiger charge is 2.55. The normalized spacial score (nSPS) is 23.3. The van der Waals surface area contributed by atoms with Crippen molar-refractivity contribution in [2.45, 2.75) is 31.1 Å². The average Bonchev–Trinajstić information content (AvgIpc) is 3.08. The third kappa shape index (κ3) is 3.35. The first-order valence-electron chi connectivity index (χ1n) is 9.39. The predicted molar refractivity (Wildman–Crippen MR) is 112 cm³/mol. The molecule has 0 saturated heterocycles. The number of nitrogens with zero attached hydrogens (tertiary/aromatic N) is 2. The predicted octanol–water partition coefficient (Wildman–Crippen LogP) is 4.64. The van der Waals surface area contributed by atoms with Crippen LogP contribution in [-0.2, 0) is 16.1 Å². The molecule has 0 unspecified atom stereocenters. The minimum Gasteiger partial charge on any atom is -0.330 e. The molecule has 2 aromatic carbocycles. The third-order valence-corrected chi connectivity index (χ3v) is 7.27. The molecule has 2 aromatic rings. The molecule has 2 aliphatic rings. The molecule has 1 aliphatic heterocycles. The van der Waals surface area contributed by atoms with Crippen LogP contribution in [0.25, 0.3) is 0 Å². The second-order valence-electron chi connectivity index (χ2n) is 7.27. The molecule has 4 rings (SSSR count). The van der Waals surface area contributed by atoms with Gasteiger partial charge in [-0.3, -0.25) is 4.79 Å². The number of rotatable bonds is 3. The maximum Gasteiger partial charge on any atom is 0.241 e. The molecule has 0 saturated carbocycles. The Morgan fingerprint density at radius 1 is 1.34 bits per heavy atom. The van der Waals surface area contributed by atoms with Crippen molar-refractivity contribution in [1.29, 1.82) is 0 Å². The van der Waals surface area contributed by atoms with E-state index in [9.17, 15) is 13.6 Å². The summed E-state index contributed by atoms with van der Waals surface area (Å²) in [6, 6.07) is 8.87. The molecule has 1 amide bonds. The van der Waals surface area contributed by atoms with Crippen LogP contribution in [0.3, 0.4) is 0 Å². The number of nitrogens with two attached hydrogens (primary N) is 1. The van der Waals surface area contributed by atoms with E-state index in [1.807, 2.05) is 18.2 Å². The van der Waals surface area contributed by atoms with Crippen molar-refractivity contribution < 1.29 is 13.6 Å². The number of aryl methyl sites for hydroxylation is 1. The summed E-state index contributed by atoms with van der Waals surface area (Å²) in [6.45, 7) is 1.87. The number of amides is 1. The molecule has 1 aliphatic carbocycles. The van der Waals surface area contributed by atoms with Crippen LogP contribution in [0.5, 0.6) is 0 Å². The Bertz CT molecular complexity index is 1020. The molecule has 2 atom stereocenters. The molecule has 29 heavy (non-hydrogen) atoms. The van der Waals surface area contributed by atoms with Gasteiger partial charge < -0.3 is 5.73 Å². The first kappa shape index (κ1) is 20.3. The van der Waals surface area contributed by atoms with Crippen molar-refractivity contribution in [2.75, 3.05) is 6.54 Å². The summed E-state index contributed by atoms with van der Waals surface area (Å²) in [5.41, 5.74) is 7.87. The molecule has 1 spiro atoms. The Labute approximate surface area is 177 Å². The van der Waals surface area contributed by atoms with Gasteiger partial charge in [-0.15, -0.1) is 0 Å². The Hall–Kier alpha value is -1.96. The lowest BCUT2D eigenvalue weighted by molar-refractivity contribution is -0.134. The van der Waals surface area contributed by atoms with Gasteiger partial charge in [0.25, 0.3) is 0 Å². The van der Waals surface area contributed by atoms with Crippen molar-refractivity contribution in [3.8, 4) is 0 Å². The fraction of sp³-hybridized carbons (Fsp3) is 0.333. The summed E-state index contributed by atoms with van der Waals surface area (Å²) in [5, 5.41) is 6.70. The smallest absolute Gasteiger partial charge is 0.241 e. The lowest BCUT2D eigenvalue weighted by Gasteiger charge is -2.45. The fourth-order valence-electron chi connectivity index (χ4n) is 4.26. The van der Waals surface area contributed by atoms with Crippen LogP contribution in [0.1, 0.15) is 36.5 Å². The van der Waals surface area contributed by atoms with Gasteiger partial charge in [-0.1, -0.05) is 29.4 Å². The van der Waals surface area contributed by atoms with E-state index < -0.39 is 16.5 Å². The van der Waals surface area contributed by atoms with Crippen molar-refractivity contribution in [3.63, 3.8) is 0 Å². The molecule has 0 bridgehead atoms. The summed E-state index contributed by atoms with van der Waals surface area (Å²) in [4.78, 5) is 11.8. The quantitative estimate of drug-likeness (QED) is 0.764. The third-order valence-electron chi connectivity index (χ3n) is 5.50. The highest BCUT2D eigenvalue weighted by molar-refractivity contribution is 8.15. The second kappa shape index (κ2) is 7.70. The van der Waals surface area contributed by atoms with E-state index in [2.05, 4.69) is 5.10 Å². The van der Waals surface area contributed by atoms with Crippen molar-refractivity contribution in [2.24, 2.45) is 16.8 Å². The summed E-state index contributed by atoms with van der Waals surface area (Å²) in [5.74, 6) is -1.44. The lowest BCUT2D eigenvalue weighted by atomic mass is 9.77. The molecular weight excluding hydrogens is 416 g/mol. The number of hydrogen-bond donors (Lipinski definition) is 1. The minimum absolute atomic E-state index is 0.00904. The minimum atomic E-state index is -0.891. The van der Waals surface area contributed by atoms with E-state index in [0.29, 0.717) is 18.0 Å². The number of hydrazone groups is 1. The van der Waals surface area contributed by atoms with Gasteiger partial charge in [0, 0.05) is 17.5 Å². The van der Waals surface area contributed by atoms with Gasteiger partial charge in [0.05, 0.1) is 0 Å². The zero-order chi connectivity index (χ0) is 20.8. The van der Waals surface area contributed by atoms with Crippen LogP contribution >= 0.6 is 23.4 Å². The number of halogens is 3. The van der Waals surface area contributed by atoms with Crippen LogP contribution in [0.2, 0.25) is 5.02 Å². The number of carbonyl (C=O) groups excluding carboxylic acids is 1. The lowest BCUT2D eigenvalue weighted by Crippen LogP contribution is -2.49. The van der Waals surface area contributed by atoms with Crippen LogP contribution in [0.15, 0.2) is 41.5 Å². The van der Waals surface area contributed by atoms with E-state index in [1.54, 1.807) is 0 Å². The van der Waals surface area contributed by atoms with Gasteiger partial charge in [-0.2, -0.15) is 5.10 Å². The molecule has 0 aromatic heterocycles. The number of carbonyl (C=O) groups is 1. The van der Waals surface area contributed by atoms with Crippen LogP contribution in [0, 0.1) is 17.6 Å². The van der Waals surface area contributed by atoms with E-state index in [1.165, 1.54) is 23.7 Å². The molecule has 4 nitrogen and oxygen atoms in total. The van der Waals surface area contributed by atoms with Gasteiger partial charge in [-0.25, -0.2) is 13.8 Å². The molecule has 0 radical (unpaired) electrons. The van der Waals surface area contributed by atoms with Gasteiger partial charge in [0.2, 0.25) is 5.91 Å². The summed E-state index contributed by atoms with van der Waals surface area (Å²) < 4.78 is 28.3. The van der Waals surface area contributed by atoms with Crippen molar-refractivity contribution >= 4 is 34.3 Å².